The topological polar surface area (TPSA) is 29.1 Å². The van der Waals surface area contributed by atoms with Crippen LogP contribution in [-0.2, 0) is 11.3 Å². The van der Waals surface area contributed by atoms with Crippen LogP contribution in [0.25, 0.3) is 6.08 Å². The van der Waals surface area contributed by atoms with Gasteiger partial charge in [-0.05, 0) is 23.3 Å². The van der Waals surface area contributed by atoms with E-state index in [0.717, 1.165) is 11.3 Å². The quantitative estimate of drug-likeness (QED) is 0.762. The average molecular weight is 332 g/mol. The lowest BCUT2D eigenvalue weighted by molar-refractivity contribution is -0.118. The van der Waals surface area contributed by atoms with Crippen LogP contribution in [-0.4, -0.2) is 17.4 Å². The fourth-order valence-electron chi connectivity index (χ4n) is 1.87. The molecule has 0 aromatic heterocycles. The van der Waals surface area contributed by atoms with E-state index in [-0.39, 0.29) is 5.91 Å². The van der Waals surface area contributed by atoms with E-state index in [2.05, 4.69) is 29.6 Å². The second-order valence-electron chi connectivity index (χ2n) is 4.73. The van der Waals surface area contributed by atoms with Gasteiger partial charge in [0.1, 0.15) is 0 Å². The Morgan fingerprint density at radius 3 is 2.73 bits per heavy atom. The van der Waals surface area contributed by atoms with Gasteiger partial charge in [0.25, 0.3) is 0 Å². The zero-order valence-electron chi connectivity index (χ0n) is 12.2. The number of amides is 1. The molecule has 0 saturated heterocycles. The van der Waals surface area contributed by atoms with Crippen molar-refractivity contribution in [1.29, 1.82) is 0 Å². The van der Waals surface area contributed by atoms with Crippen molar-refractivity contribution >= 4 is 35.3 Å². The molecule has 0 radical (unpaired) electrons. The zero-order valence-corrected chi connectivity index (χ0v) is 13.7. The summed E-state index contributed by atoms with van der Waals surface area (Å²) in [5, 5.41) is 3.58. The molecule has 0 aliphatic carbocycles. The molecule has 0 saturated carbocycles. The van der Waals surface area contributed by atoms with Crippen molar-refractivity contribution in [3.8, 4) is 0 Å². The van der Waals surface area contributed by atoms with Gasteiger partial charge >= 0.3 is 0 Å². The third-order valence-corrected chi connectivity index (χ3v) is 4.07. The van der Waals surface area contributed by atoms with Crippen LogP contribution in [0.5, 0.6) is 0 Å². The fraction of sp³-hybridized carbons (Fsp3) is 0.167. The molecule has 0 heterocycles. The molecule has 0 bridgehead atoms. The van der Waals surface area contributed by atoms with Gasteiger partial charge in [0.05, 0.1) is 5.75 Å². The Bertz CT molecular complexity index is 628. The lowest BCUT2D eigenvalue weighted by atomic mass is 10.2. The molecule has 0 aliphatic heterocycles. The van der Waals surface area contributed by atoms with Gasteiger partial charge in [-0.2, -0.15) is 0 Å². The van der Waals surface area contributed by atoms with Gasteiger partial charge in [0, 0.05) is 17.3 Å². The maximum Gasteiger partial charge on any atom is 0.230 e. The molecule has 0 spiro atoms. The lowest BCUT2D eigenvalue weighted by Crippen LogP contribution is -2.24. The van der Waals surface area contributed by atoms with Gasteiger partial charge < -0.3 is 5.32 Å². The van der Waals surface area contributed by atoms with Crippen LogP contribution in [0.1, 0.15) is 11.1 Å². The first-order valence-electron chi connectivity index (χ1n) is 7.04. The van der Waals surface area contributed by atoms with Crippen molar-refractivity contribution in [1.82, 2.24) is 5.32 Å². The summed E-state index contributed by atoms with van der Waals surface area (Å²) >= 11 is 7.50. The normalized spacial score (nSPS) is 10.8. The van der Waals surface area contributed by atoms with Gasteiger partial charge in [-0.15, -0.1) is 11.8 Å². The molecule has 0 aliphatic rings. The van der Waals surface area contributed by atoms with E-state index in [1.807, 2.05) is 42.5 Å². The predicted octanol–water partition coefficient (Wildman–Crippen LogP) is 4.40. The van der Waals surface area contributed by atoms with Crippen LogP contribution >= 0.6 is 23.4 Å². The third kappa shape index (κ3) is 6.37. The summed E-state index contributed by atoms with van der Waals surface area (Å²) in [6.45, 7) is 0.514. The number of benzene rings is 2. The van der Waals surface area contributed by atoms with Gasteiger partial charge in [-0.3, -0.25) is 4.79 Å². The number of rotatable bonds is 7. The van der Waals surface area contributed by atoms with E-state index in [9.17, 15) is 4.79 Å². The predicted molar refractivity (Wildman–Crippen MR) is 96.1 cm³/mol. The number of hydrogen-bond acceptors (Lipinski definition) is 2. The highest BCUT2D eigenvalue weighted by atomic mass is 35.5. The Morgan fingerprint density at radius 1 is 1.14 bits per heavy atom. The number of carbonyl (C=O) groups is 1. The molecule has 114 valence electrons. The molecule has 22 heavy (non-hydrogen) atoms. The maximum atomic E-state index is 11.7. The summed E-state index contributed by atoms with van der Waals surface area (Å²) in [6.07, 6.45) is 4.14. The van der Waals surface area contributed by atoms with Gasteiger partial charge in [-0.25, -0.2) is 0 Å². The van der Waals surface area contributed by atoms with Crippen molar-refractivity contribution in [3.05, 3.63) is 76.8 Å². The van der Waals surface area contributed by atoms with Crippen molar-refractivity contribution in [2.45, 2.75) is 6.54 Å². The Hall–Kier alpha value is -1.71. The Kier molecular flexibility index (Phi) is 7.07. The van der Waals surface area contributed by atoms with Crippen molar-refractivity contribution in [2.24, 2.45) is 0 Å². The molecule has 0 fully saturated rings. The van der Waals surface area contributed by atoms with Gasteiger partial charge in [-0.1, -0.05) is 66.2 Å². The van der Waals surface area contributed by atoms with E-state index in [1.165, 1.54) is 5.56 Å². The first-order valence-corrected chi connectivity index (χ1v) is 8.58. The summed E-state index contributed by atoms with van der Waals surface area (Å²) in [4.78, 5) is 11.7. The molecular weight excluding hydrogens is 314 g/mol. The Balaban J connectivity index is 1.63. The summed E-state index contributed by atoms with van der Waals surface area (Å²) in [7, 11) is 0. The highest BCUT2D eigenvalue weighted by molar-refractivity contribution is 8.00. The molecule has 2 aromatic rings. The van der Waals surface area contributed by atoms with Crippen LogP contribution < -0.4 is 5.32 Å². The SMILES string of the molecule is O=C(CSC/C=C/c1ccccc1)NCc1cccc(Cl)c1. The van der Waals surface area contributed by atoms with Crippen molar-refractivity contribution in [3.63, 3.8) is 0 Å². The minimum atomic E-state index is 0.0399. The van der Waals surface area contributed by atoms with Gasteiger partial charge in [0.15, 0.2) is 0 Å². The van der Waals surface area contributed by atoms with Crippen LogP contribution in [0, 0.1) is 0 Å². The maximum absolute atomic E-state index is 11.7. The Morgan fingerprint density at radius 2 is 1.95 bits per heavy atom. The van der Waals surface area contributed by atoms with Crippen molar-refractivity contribution < 1.29 is 4.79 Å². The number of carbonyl (C=O) groups excluding carboxylic acids is 1. The average Bonchev–Trinajstić information content (AvgIpc) is 2.54. The minimum absolute atomic E-state index is 0.0399. The van der Waals surface area contributed by atoms with E-state index in [1.54, 1.807) is 11.8 Å². The number of nitrogens with one attached hydrogen (secondary N) is 1. The standard InChI is InChI=1S/C18H18ClNOS/c19-17-10-4-8-16(12-17)13-20-18(21)14-22-11-5-9-15-6-2-1-3-7-15/h1-10,12H,11,13-14H2,(H,20,21)/b9-5+. The molecular formula is C18H18ClNOS. The van der Waals surface area contributed by atoms with Gasteiger partial charge in [0.2, 0.25) is 5.91 Å². The number of halogens is 1. The second-order valence-corrected chi connectivity index (χ2v) is 6.20. The van der Waals surface area contributed by atoms with Crippen LogP contribution in [0.15, 0.2) is 60.7 Å². The highest BCUT2D eigenvalue weighted by Crippen LogP contribution is 2.10. The van der Waals surface area contributed by atoms with E-state index >= 15 is 0 Å². The van der Waals surface area contributed by atoms with E-state index in [0.29, 0.717) is 17.3 Å². The number of hydrogen-bond donors (Lipinski definition) is 1. The fourth-order valence-corrected chi connectivity index (χ4v) is 2.72. The largest absolute Gasteiger partial charge is 0.351 e. The van der Waals surface area contributed by atoms with E-state index < -0.39 is 0 Å². The zero-order chi connectivity index (χ0) is 15.6. The van der Waals surface area contributed by atoms with Crippen LogP contribution in [0.2, 0.25) is 5.02 Å². The summed E-state index contributed by atoms with van der Waals surface area (Å²) in [5.41, 5.74) is 2.18. The molecule has 1 amide bonds. The van der Waals surface area contributed by atoms with E-state index in [4.69, 9.17) is 11.6 Å². The Labute approximate surface area is 140 Å². The van der Waals surface area contributed by atoms with Crippen LogP contribution in [0.3, 0.4) is 0 Å². The lowest BCUT2D eigenvalue weighted by Gasteiger charge is -2.05. The first kappa shape index (κ1) is 16.7. The molecule has 1 N–H and O–H groups in total. The molecule has 4 heteroatoms. The van der Waals surface area contributed by atoms with Crippen LogP contribution in [0.4, 0.5) is 0 Å². The molecule has 2 aromatic carbocycles. The van der Waals surface area contributed by atoms with Crippen molar-refractivity contribution in [2.75, 3.05) is 11.5 Å². The summed E-state index contributed by atoms with van der Waals surface area (Å²) in [6, 6.07) is 17.6. The summed E-state index contributed by atoms with van der Waals surface area (Å²) in [5.74, 6) is 1.32. The highest BCUT2D eigenvalue weighted by Gasteiger charge is 2.01. The molecule has 2 nitrogen and oxygen atoms in total. The minimum Gasteiger partial charge on any atom is -0.351 e. The smallest absolute Gasteiger partial charge is 0.230 e. The number of thioether (sulfide) groups is 1. The summed E-state index contributed by atoms with van der Waals surface area (Å²) < 4.78 is 0. The molecule has 0 atom stereocenters. The molecule has 0 unspecified atom stereocenters. The third-order valence-electron chi connectivity index (χ3n) is 2.94. The second kappa shape index (κ2) is 9.34. The monoisotopic (exact) mass is 331 g/mol. The molecule has 2 rings (SSSR count). The first-order chi connectivity index (χ1) is 10.7.